The lowest BCUT2D eigenvalue weighted by Gasteiger charge is -2.31. The molecule has 1 N–H and O–H groups in total. The van der Waals surface area contributed by atoms with E-state index in [9.17, 15) is 9.59 Å². The smallest absolute Gasteiger partial charge is 0.311 e. The van der Waals surface area contributed by atoms with Crippen molar-refractivity contribution in [3.63, 3.8) is 0 Å². The fourth-order valence-electron chi connectivity index (χ4n) is 3.18. The lowest BCUT2D eigenvalue weighted by molar-refractivity contribution is -0.147. The van der Waals surface area contributed by atoms with Crippen molar-refractivity contribution in [1.82, 2.24) is 10.2 Å². The van der Waals surface area contributed by atoms with Crippen molar-refractivity contribution in [2.24, 2.45) is 0 Å². The maximum atomic E-state index is 12.3. The summed E-state index contributed by atoms with van der Waals surface area (Å²) in [6.07, 6.45) is 6.52. The van der Waals surface area contributed by atoms with Crippen LogP contribution in [0.1, 0.15) is 63.1 Å². The Hall–Kier alpha value is -1.84. The first-order chi connectivity index (χ1) is 11.0. The number of aryl methyl sites for hydroxylation is 1. The fourth-order valence-corrected chi connectivity index (χ4v) is 3.18. The monoisotopic (exact) mass is 316 g/mol. The SMILES string of the molecule is CCc1ccc(C(C)NC(=O)C(=O)N(C)C2CCCCC2)cc1. The van der Waals surface area contributed by atoms with E-state index in [1.165, 1.54) is 12.0 Å². The van der Waals surface area contributed by atoms with E-state index in [1.807, 2.05) is 19.1 Å². The third-order valence-corrected chi connectivity index (χ3v) is 4.87. The van der Waals surface area contributed by atoms with Crippen molar-refractivity contribution in [2.75, 3.05) is 7.05 Å². The predicted molar refractivity (Wildman–Crippen MR) is 92.0 cm³/mol. The van der Waals surface area contributed by atoms with Gasteiger partial charge in [0.1, 0.15) is 0 Å². The third kappa shape index (κ3) is 4.57. The third-order valence-electron chi connectivity index (χ3n) is 4.87. The summed E-state index contributed by atoms with van der Waals surface area (Å²) in [5, 5.41) is 2.82. The first-order valence-electron chi connectivity index (χ1n) is 8.69. The summed E-state index contributed by atoms with van der Waals surface area (Å²) >= 11 is 0. The van der Waals surface area contributed by atoms with Crippen molar-refractivity contribution in [1.29, 1.82) is 0 Å². The number of amides is 2. The van der Waals surface area contributed by atoms with Crippen LogP contribution in [0.25, 0.3) is 0 Å². The van der Waals surface area contributed by atoms with Crippen molar-refractivity contribution >= 4 is 11.8 Å². The summed E-state index contributed by atoms with van der Waals surface area (Å²) < 4.78 is 0. The van der Waals surface area contributed by atoms with Gasteiger partial charge in [-0.15, -0.1) is 0 Å². The van der Waals surface area contributed by atoms with E-state index < -0.39 is 11.8 Å². The summed E-state index contributed by atoms with van der Waals surface area (Å²) in [5.41, 5.74) is 2.28. The highest BCUT2D eigenvalue weighted by atomic mass is 16.2. The molecular formula is C19H28N2O2. The van der Waals surface area contributed by atoms with Gasteiger partial charge in [-0.2, -0.15) is 0 Å². The van der Waals surface area contributed by atoms with Crippen LogP contribution in [0.3, 0.4) is 0 Å². The minimum absolute atomic E-state index is 0.169. The Morgan fingerprint density at radius 2 is 1.78 bits per heavy atom. The molecule has 4 heteroatoms. The van der Waals surface area contributed by atoms with E-state index in [4.69, 9.17) is 0 Å². The van der Waals surface area contributed by atoms with E-state index in [1.54, 1.807) is 11.9 Å². The van der Waals surface area contributed by atoms with E-state index >= 15 is 0 Å². The largest absolute Gasteiger partial charge is 0.341 e. The van der Waals surface area contributed by atoms with Gasteiger partial charge in [-0.1, -0.05) is 50.5 Å². The summed E-state index contributed by atoms with van der Waals surface area (Å²) in [4.78, 5) is 26.2. The molecule has 1 saturated carbocycles. The highest BCUT2D eigenvalue weighted by Gasteiger charge is 2.27. The number of carbonyl (C=O) groups excluding carboxylic acids is 2. The van der Waals surface area contributed by atoms with Gasteiger partial charge in [0.05, 0.1) is 6.04 Å². The summed E-state index contributed by atoms with van der Waals surface area (Å²) in [7, 11) is 1.75. The molecule has 0 radical (unpaired) electrons. The van der Waals surface area contributed by atoms with Crippen LogP contribution in [0.5, 0.6) is 0 Å². The van der Waals surface area contributed by atoms with Gasteiger partial charge in [0, 0.05) is 13.1 Å². The molecule has 2 amide bonds. The second-order valence-electron chi connectivity index (χ2n) is 6.50. The van der Waals surface area contributed by atoms with Gasteiger partial charge in [0.25, 0.3) is 0 Å². The molecular weight excluding hydrogens is 288 g/mol. The highest BCUT2D eigenvalue weighted by Crippen LogP contribution is 2.22. The van der Waals surface area contributed by atoms with Gasteiger partial charge in [-0.3, -0.25) is 9.59 Å². The molecule has 0 bridgehead atoms. The molecule has 1 aliphatic rings. The standard InChI is InChI=1S/C19H28N2O2/c1-4-15-10-12-16(13-11-15)14(2)20-18(22)19(23)21(3)17-8-6-5-7-9-17/h10-14,17H,4-9H2,1-3H3,(H,20,22). The number of hydrogen-bond acceptors (Lipinski definition) is 2. The van der Waals surface area contributed by atoms with E-state index in [0.29, 0.717) is 0 Å². The zero-order valence-corrected chi connectivity index (χ0v) is 14.5. The Kier molecular flexibility index (Phi) is 6.20. The highest BCUT2D eigenvalue weighted by molar-refractivity contribution is 6.35. The van der Waals surface area contributed by atoms with E-state index in [-0.39, 0.29) is 12.1 Å². The van der Waals surface area contributed by atoms with Gasteiger partial charge < -0.3 is 10.2 Å². The Morgan fingerprint density at radius 3 is 2.35 bits per heavy atom. The second-order valence-corrected chi connectivity index (χ2v) is 6.50. The molecule has 0 aliphatic heterocycles. The van der Waals surface area contributed by atoms with Crippen LogP contribution >= 0.6 is 0 Å². The molecule has 1 aliphatic carbocycles. The van der Waals surface area contributed by atoms with Crippen LogP contribution in [-0.4, -0.2) is 29.8 Å². The molecule has 23 heavy (non-hydrogen) atoms. The van der Waals surface area contributed by atoms with Crippen molar-refractivity contribution in [3.8, 4) is 0 Å². The molecule has 0 aromatic heterocycles. The molecule has 4 nitrogen and oxygen atoms in total. The summed E-state index contributed by atoms with van der Waals surface area (Å²) in [6.45, 7) is 4.02. The normalized spacial score (nSPS) is 16.7. The van der Waals surface area contributed by atoms with Crippen LogP contribution in [0, 0.1) is 0 Å². The molecule has 0 heterocycles. The first-order valence-corrected chi connectivity index (χ1v) is 8.69. The molecule has 0 saturated heterocycles. The average molecular weight is 316 g/mol. The number of carbonyl (C=O) groups is 2. The van der Waals surface area contributed by atoms with Crippen molar-refractivity contribution in [2.45, 2.75) is 64.5 Å². The zero-order valence-electron chi connectivity index (χ0n) is 14.5. The molecule has 1 atom stereocenters. The molecule has 1 aromatic rings. The first kappa shape index (κ1) is 17.5. The molecule has 1 aromatic carbocycles. The average Bonchev–Trinajstić information content (AvgIpc) is 2.61. The lowest BCUT2D eigenvalue weighted by Crippen LogP contribution is -2.46. The van der Waals surface area contributed by atoms with Gasteiger partial charge >= 0.3 is 11.8 Å². The van der Waals surface area contributed by atoms with Crippen molar-refractivity contribution in [3.05, 3.63) is 35.4 Å². The Bertz CT molecular complexity index is 533. The maximum absolute atomic E-state index is 12.3. The van der Waals surface area contributed by atoms with Gasteiger partial charge in [0.15, 0.2) is 0 Å². The van der Waals surface area contributed by atoms with Gasteiger partial charge in [-0.25, -0.2) is 0 Å². The number of hydrogen-bond donors (Lipinski definition) is 1. The molecule has 126 valence electrons. The number of benzene rings is 1. The predicted octanol–water partition coefficient (Wildman–Crippen LogP) is 3.22. The molecule has 1 unspecified atom stereocenters. The summed E-state index contributed by atoms with van der Waals surface area (Å²) in [5.74, 6) is -0.931. The van der Waals surface area contributed by atoms with Crippen LogP contribution in [0.15, 0.2) is 24.3 Å². The van der Waals surface area contributed by atoms with Crippen LogP contribution in [0.4, 0.5) is 0 Å². The Labute approximate surface area is 139 Å². The van der Waals surface area contributed by atoms with Crippen molar-refractivity contribution < 1.29 is 9.59 Å². The van der Waals surface area contributed by atoms with Crippen LogP contribution < -0.4 is 5.32 Å². The Morgan fingerprint density at radius 1 is 1.17 bits per heavy atom. The van der Waals surface area contributed by atoms with E-state index in [2.05, 4.69) is 24.4 Å². The second kappa shape index (κ2) is 8.14. The zero-order chi connectivity index (χ0) is 16.8. The van der Waals surface area contributed by atoms with E-state index in [0.717, 1.165) is 37.7 Å². The minimum atomic E-state index is -0.509. The topological polar surface area (TPSA) is 49.4 Å². The molecule has 2 rings (SSSR count). The maximum Gasteiger partial charge on any atom is 0.311 e. The number of nitrogens with one attached hydrogen (secondary N) is 1. The number of nitrogens with zero attached hydrogens (tertiary/aromatic N) is 1. The van der Waals surface area contributed by atoms with Crippen LogP contribution in [-0.2, 0) is 16.0 Å². The minimum Gasteiger partial charge on any atom is -0.341 e. The fraction of sp³-hybridized carbons (Fsp3) is 0.579. The van der Waals surface area contributed by atoms with Gasteiger partial charge in [-0.05, 0) is 37.3 Å². The number of likely N-dealkylation sites (N-methyl/N-ethyl adjacent to an activating group) is 1. The Balaban J connectivity index is 1.92. The molecule has 1 fully saturated rings. The lowest BCUT2D eigenvalue weighted by atomic mass is 9.94. The quantitative estimate of drug-likeness (QED) is 0.867. The van der Waals surface area contributed by atoms with Gasteiger partial charge in [0.2, 0.25) is 0 Å². The van der Waals surface area contributed by atoms with Crippen LogP contribution in [0.2, 0.25) is 0 Å². The number of rotatable bonds is 4. The summed E-state index contributed by atoms with van der Waals surface area (Å²) in [6, 6.07) is 8.19. The molecule has 0 spiro atoms.